The number of aromatic carboxylic acids is 1. The van der Waals surface area contributed by atoms with E-state index in [1.165, 1.54) is 23.5 Å². The first-order valence-corrected chi connectivity index (χ1v) is 8.39. The second-order valence-corrected chi connectivity index (χ2v) is 6.83. The molecule has 0 aliphatic carbocycles. The Kier molecular flexibility index (Phi) is 4.72. The summed E-state index contributed by atoms with van der Waals surface area (Å²) in [6, 6.07) is 9.99. The van der Waals surface area contributed by atoms with Gasteiger partial charge in [-0.3, -0.25) is 0 Å². The summed E-state index contributed by atoms with van der Waals surface area (Å²) in [5, 5.41) is 27.6. The summed E-state index contributed by atoms with van der Waals surface area (Å²) in [5.41, 5.74) is -0.0276. The second kappa shape index (κ2) is 6.93. The van der Waals surface area contributed by atoms with Crippen LogP contribution >= 0.6 is 23.5 Å². The van der Waals surface area contributed by atoms with Gasteiger partial charge in [-0.1, -0.05) is 11.8 Å². The maximum atomic E-state index is 11.5. The summed E-state index contributed by atoms with van der Waals surface area (Å²) in [7, 11) is 1.80. The molecule has 7 nitrogen and oxygen atoms in total. The molecule has 0 saturated heterocycles. The summed E-state index contributed by atoms with van der Waals surface area (Å²) in [6.45, 7) is 0. The topological polar surface area (TPSA) is 101 Å². The number of aryl methyl sites for hydroxylation is 1. The lowest BCUT2D eigenvalue weighted by Gasteiger charge is -2.07. The van der Waals surface area contributed by atoms with Crippen molar-refractivity contribution >= 4 is 29.5 Å². The first-order chi connectivity index (χ1) is 11.5. The molecule has 9 heteroatoms. The van der Waals surface area contributed by atoms with E-state index < -0.39 is 5.97 Å². The summed E-state index contributed by atoms with van der Waals surface area (Å²) in [5.74, 6) is -0.942. The molecule has 3 aromatic rings. The first kappa shape index (κ1) is 16.3. The number of carboxylic acids is 1. The highest BCUT2D eigenvalue weighted by atomic mass is 32.2. The Labute approximate surface area is 145 Å². The van der Waals surface area contributed by atoms with Crippen molar-refractivity contribution in [3.63, 3.8) is 0 Å². The predicted octanol–water partition coefficient (Wildman–Crippen LogP) is 2.92. The van der Waals surface area contributed by atoms with Crippen molar-refractivity contribution in [2.45, 2.75) is 20.0 Å². The molecule has 0 spiro atoms. The number of aromatic hydroxyl groups is 1. The van der Waals surface area contributed by atoms with E-state index in [0.29, 0.717) is 15.1 Å². The summed E-state index contributed by atoms with van der Waals surface area (Å²) in [4.78, 5) is 17.1. The van der Waals surface area contributed by atoms with Crippen LogP contribution in [-0.4, -0.2) is 35.9 Å². The molecule has 1 aromatic carbocycles. The van der Waals surface area contributed by atoms with Crippen LogP contribution < -0.4 is 0 Å². The number of aromatic nitrogens is 4. The van der Waals surface area contributed by atoms with Crippen LogP contribution in [0.25, 0.3) is 0 Å². The van der Waals surface area contributed by atoms with Crippen molar-refractivity contribution in [2.24, 2.45) is 7.05 Å². The van der Waals surface area contributed by atoms with Gasteiger partial charge in [-0.05, 0) is 48.2 Å². The van der Waals surface area contributed by atoms with Gasteiger partial charge >= 0.3 is 5.97 Å². The lowest BCUT2D eigenvalue weighted by Crippen LogP contribution is -2.03. The molecule has 0 fully saturated rings. The summed E-state index contributed by atoms with van der Waals surface area (Å²) < 4.78 is 1.73. The minimum atomic E-state index is -1.10. The van der Waals surface area contributed by atoms with E-state index in [4.69, 9.17) is 0 Å². The number of carboxylic acid groups (broad SMARTS) is 1. The number of pyridine rings is 1. The normalized spacial score (nSPS) is 10.7. The van der Waals surface area contributed by atoms with Gasteiger partial charge in [-0.2, -0.15) is 0 Å². The summed E-state index contributed by atoms with van der Waals surface area (Å²) >= 11 is 2.52. The number of carbonyl (C=O) groups is 1. The molecule has 0 radical (unpaired) electrons. The molecule has 0 unspecified atom stereocenters. The molecule has 3 rings (SSSR count). The quantitative estimate of drug-likeness (QED) is 0.716. The molecule has 0 atom stereocenters. The van der Waals surface area contributed by atoms with Crippen LogP contribution in [-0.2, 0) is 7.05 Å². The van der Waals surface area contributed by atoms with Crippen LogP contribution in [0.4, 0.5) is 0 Å². The molecular formula is C15H12N4O3S2. The van der Waals surface area contributed by atoms with Crippen LogP contribution in [0.15, 0.2) is 62.7 Å². The standard InChI is InChI=1S/C15H12N4O3S2/c1-19-8-16-18-15(19)24-12-7-6-11(13(17-12)14(21)22)23-10-4-2-9(20)3-5-10/h2-8,20H,1H3,(H,21,22). The van der Waals surface area contributed by atoms with E-state index in [0.717, 1.165) is 4.90 Å². The van der Waals surface area contributed by atoms with Crippen molar-refractivity contribution in [3.8, 4) is 5.75 Å². The maximum absolute atomic E-state index is 11.5. The Hall–Kier alpha value is -2.52. The average molecular weight is 360 g/mol. The minimum Gasteiger partial charge on any atom is -0.508 e. The number of rotatable bonds is 5. The van der Waals surface area contributed by atoms with Crippen molar-refractivity contribution in [2.75, 3.05) is 0 Å². The molecule has 122 valence electrons. The van der Waals surface area contributed by atoms with Gasteiger partial charge < -0.3 is 14.8 Å². The number of nitrogens with zero attached hydrogens (tertiary/aromatic N) is 4. The van der Waals surface area contributed by atoms with Crippen molar-refractivity contribution < 1.29 is 15.0 Å². The van der Waals surface area contributed by atoms with Crippen LogP contribution in [0.1, 0.15) is 10.5 Å². The largest absolute Gasteiger partial charge is 0.508 e. The van der Waals surface area contributed by atoms with Gasteiger partial charge in [0.15, 0.2) is 10.9 Å². The zero-order valence-corrected chi connectivity index (χ0v) is 14.1. The molecule has 0 amide bonds. The molecule has 0 aliphatic heterocycles. The maximum Gasteiger partial charge on any atom is 0.355 e. The molecule has 0 bridgehead atoms. The zero-order chi connectivity index (χ0) is 17.1. The molecule has 2 aromatic heterocycles. The zero-order valence-electron chi connectivity index (χ0n) is 12.4. The van der Waals surface area contributed by atoms with Gasteiger partial charge in [-0.15, -0.1) is 10.2 Å². The minimum absolute atomic E-state index is 0.0276. The van der Waals surface area contributed by atoms with E-state index in [9.17, 15) is 15.0 Å². The Morgan fingerprint density at radius 1 is 1.12 bits per heavy atom. The SMILES string of the molecule is Cn1cnnc1Sc1ccc(Sc2ccc(O)cc2)c(C(=O)O)n1. The Morgan fingerprint density at radius 2 is 1.88 bits per heavy atom. The highest BCUT2D eigenvalue weighted by molar-refractivity contribution is 7.99. The number of benzene rings is 1. The van der Waals surface area contributed by atoms with E-state index >= 15 is 0 Å². The van der Waals surface area contributed by atoms with Gasteiger partial charge in [0.1, 0.15) is 17.1 Å². The van der Waals surface area contributed by atoms with Gasteiger partial charge in [0, 0.05) is 16.8 Å². The lowest BCUT2D eigenvalue weighted by molar-refractivity contribution is 0.0685. The first-order valence-electron chi connectivity index (χ1n) is 6.76. The highest BCUT2D eigenvalue weighted by Gasteiger charge is 2.16. The molecular weight excluding hydrogens is 348 g/mol. The van der Waals surface area contributed by atoms with Crippen LogP contribution in [0.5, 0.6) is 5.75 Å². The Morgan fingerprint density at radius 3 is 2.50 bits per heavy atom. The molecule has 24 heavy (non-hydrogen) atoms. The van der Waals surface area contributed by atoms with Gasteiger partial charge in [0.05, 0.1) is 0 Å². The molecule has 2 N–H and O–H groups in total. The third-order valence-corrected chi connectivity index (χ3v) is 5.01. The smallest absolute Gasteiger partial charge is 0.355 e. The predicted molar refractivity (Wildman–Crippen MR) is 88.6 cm³/mol. The van der Waals surface area contributed by atoms with Gasteiger partial charge in [-0.25, -0.2) is 9.78 Å². The van der Waals surface area contributed by atoms with Crippen molar-refractivity contribution in [1.82, 2.24) is 19.7 Å². The summed E-state index contributed by atoms with van der Waals surface area (Å²) in [6.07, 6.45) is 1.56. The van der Waals surface area contributed by atoms with Gasteiger partial charge in [0.2, 0.25) is 0 Å². The van der Waals surface area contributed by atoms with E-state index in [2.05, 4.69) is 15.2 Å². The number of hydrogen-bond acceptors (Lipinski definition) is 7. The number of phenols is 1. The van der Waals surface area contributed by atoms with E-state index in [-0.39, 0.29) is 11.4 Å². The fourth-order valence-corrected chi connectivity index (χ4v) is 3.45. The van der Waals surface area contributed by atoms with Crippen LogP contribution in [0.2, 0.25) is 0 Å². The van der Waals surface area contributed by atoms with E-state index in [1.807, 2.05) is 0 Å². The average Bonchev–Trinajstić information content (AvgIpc) is 2.96. The Bertz CT molecular complexity index is 881. The van der Waals surface area contributed by atoms with Crippen LogP contribution in [0, 0.1) is 0 Å². The molecule has 0 saturated carbocycles. The van der Waals surface area contributed by atoms with Gasteiger partial charge in [0.25, 0.3) is 0 Å². The third-order valence-electron chi connectivity index (χ3n) is 2.97. The number of hydrogen-bond donors (Lipinski definition) is 2. The molecule has 0 aliphatic rings. The van der Waals surface area contributed by atoms with E-state index in [1.54, 1.807) is 54.3 Å². The number of phenolic OH excluding ortho intramolecular Hbond substituents is 1. The molecule has 2 heterocycles. The fourth-order valence-electron chi connectivity index (χ4n) is 1.82. The monoisotopic (exact) mass is 360 g/mol. The third kappa shape index (κ3) is 3.69. The van der Waals surface area contributed by atoms with Crippen LogP contribution in [0.3, 0.4) is 0 Å². The lowest BCUT2D eigenvalue weighted by atomic mass is 10.3. The Balaban J connectivity index is 1.88. The second-order valence-electron chi connectivity index (χ2n) is 4.72. The van der Waals surface area contributed by atoms with Crippen molar-refractivity contribution in [3.05, 3.63) is 48.4 Å². The fraction of sp³-hybridized carbons (Fsp3) is 0.0667. The van der Waals surface area contributed by atoms with Crippen molar-refractivity contribution in [1.29, 1.82) is 0 Å². The highest BCUT2D eigenvalue weighted by Crippen LogP contribution is 2.33.